The van der Waals surface area contributed by atoms with Crippen LogP contribution in [0.2, 0.25) is 0 Å². The van der Waals surface area contributed by atoms with Gasteiger partial charge < -0.3 is 24.1 Å². The number of thiazole rings is 1. The number of aromatic hydroxyl groups is 1. The lowest BCUT2D eigenvalue weighted by Gasteiger charge is -2.25. The molecule has 0 aliphatic carbocycles. The molecule has 194 valence electrons. The molecule has 9 nitrogen and oxygen atoms in total. The molecule has 0 spiro atoms. The number of methoxy groups -OCH3 is 3. The fraction of sp³-hybridized carbons (Fsp3) is 0.269. The number of hydrogen-bond acceptors (Lipinski definition) is 9. The van der Waals surface area contributed by atoms with Crippen LogP contribution in [0.3, 0.4) is 0 Å². The molecule has 0 bridgehead atoms. The second-order valence-electron chi connectivity index (χ2n) is 7.96. The Balaban J connectivity index is 1.99. The van der Waals surface area contributed by atoms with Gasteiger partial charge in [-0.3, -0.25) is 9.36 Å². The fourth-order valence-corrected chi connectivity index (χ4v) is 5.62. The Labute approximate surface area is 225 Å². The highest BCUT2D eigenvalue weighted by Gasteiger charge is 2.34. The van der Waals surface area contributed by atoms with Crippen LogP contribution in [0.5, 0.6) is 23.0 Å². The van der Waals surface area contributed by atoms with Crippen molar-refractivity contribution in [1.82, 2.24) is 4.57 Å². The minimum Gasteiger partial charge on any atom is -0.504 e. The van der Waals surface area contributed by atoms with Crippen LogP contribution in [-0.4, -0.2) is 43.6 Å². The first-order valence-corrected chi connectivity index (χ1v) is 12.8. The predicted molar refractivity (Wildman–Crippen MR) is 142 cm³/mol. The largest absolute Gasteiger partial charge is 0.504 e. The van der Waals surface area contributed by atoms with Gasteiger partial charge in [-0.15, -0.1) is 0 Å². The Morgan fingerprint density at radius 1 is 1.14 bits per heavy atom. The Bertz CT molecular complexity index is 1590. The average molecular weight is 589 g/mol. The first-order valence-electron chi connectivity index (χ1n) is 11.2. The lowest BCUT2D eigenvalue weighted by Crippen LogP contribution is -2.40. The van der Waals surface area contributed by atoms with E-state index in [4.69, 9.17) is 18.9 Å². The molecule has 2 heterocycles. The van der Waals surface area contributed by atoms with Gasteiger partial charge in [0, 0.05) is 10.0 Å². The normalized spacial score (nSPS) is 15.2. The molecule has 0 amide bonds. The number of esters is 1. The number of ether oxygens (including phenoxy) is 4. The third-order valence-corrected chi connectivity index (χ3v) is 7.26. The lowest BCUT2D eigenvalue weighted by atomic mass is 9.95. The minimum atomic E-state index is -0.817. The monoisotopic (exact) mass is 588 g/mol. The van der Waals surface area contributed by atoms with E-state index in [-0.39, 0.29) is 29.2 Å². The van der Waals surface area contributed by atoms with E-state index in [0.717, 1.165) is 11.3 Å². The van der Waals surface area contributed by atoms with Gasteiger partial charge in [0.05, 0.1) is 49.8 Å². The van der Waals surface area contributed by atoms with Crippen molar-refractivity contribution >= 4 is 39.3 Å². The molecular formula is C26H25BrN2O7S. The summed E-state index contributed by atoms with van der Waals surface area (Å²) >= 11 is 4.55. The van der Waals surface area contributed by atoms with Crippen LogP contribution in [0.15, 0.2) is 55.9 Å². The first-order chi connectivity index (χ1) is 17.7. The van der Waals surface area contributed by atoms with Gasteiger partial charge in [0.15, 0.2) is 27.8 Å². The summed E-state index contributed by atoms with van der Waals surface area (Å²) < 4.78 is 23.8. The number of allylic oxidation sites excluding steroid dienone is 1. The molecule has 1 atom stereocenters. The summed E-state index contributed by atoms with van der Waals surface area (Å²) in [7, 11) is 4.49. The summed E-state index contributed by atoms with van der Waals surface area (Å²) in [6.45, 7) is 3.60. The van der Waals surface area contributed by atoms with Crippen molar-refractivity contribution in [2.24, 2.45) is 4.99 Å². The van der Waals surface area contributed by atoms with Crippen molar-refractivity contribution in [3.63, 3.8) is 0 Å². The van der Waals surface area contributed by atoms with Gasteiger partial charge in [-0.1, -0.05) is 33.3 Å². The van der Waals surface area contributed by atoms with Crippen LogP contribution in [0.4, 0.5) is 0 Å². The maximum absolute atomic E-state index is 13.8. The highest BCUT2D eigenvalue weighted by atomic mass is 79.9. The van der Waals surface area contributed by atoms with E-state index in [1.807, 2.05) is 0 Å². The topological polar surface area (TPSA) is 109 Å². The van der Waals surface area contributed by atoms with E-state index in [9.17, 15) is 14.7 Å². The van der Waals surface area contributed by atoms with Crippen LogP contribution in [0, 0.1) is 0 Å². The fourth-order valence-electron chi connectivity index (χ4n) is 4.13. The minimum absolute atomic E-state index is 0.101. The lowest BCUT2D eigenvalue weighted by molar-refractivity contribution is -0.139. The third-order valence-electron chi connectivity index (χ3n) is 5.82. The number of benzene rings is 2. The Kier molecular flexibility index (Phi) is 7.74. The van der Waals surface area contributed by atoms with Crippen LogP contribution in [0.25, 0.3) is 6.08 Å². The SMILES string of the molecule is CCOC(=O)C1=C(C)N=c2s/c(=C/c3cc(Br)cc(OC)c3O)c(=O)n2[C@@H]1c1ccc(OC)c(OC)c1. The Morgan fingerprint density at radius 2 is 1.84 bits per heavy atom. The molecule has 1 aromatic heterocycles. The zero-order chi connectivity index (χ0) is 26.9. The molecule has 0 fully saturated rings. The number of phenolic OH excluding ortho intramolecular Hbond substituents is 1. The molecule has 11 heteroatoms. The number of phenols is 1. The maximum Gasteiger partial charge on any atom is 0.338 e. The number of carbonyl (C=O) groups is 1. The number of rotatable bonds is 7. The molecule has 37 heavy (non-hydrogen) atoms. The van der Waals surface area contributed by atoms with Gasteiger partial charge in [0.1, 0.15) is 0 Å². The second kappa shape index (κ2) is 10.8. The summed E-state index contributed by atoms with van der Waals surface area (Å²) in [4.78, 5) is 31.8. The van der Waals surface area contributed by atoms with E-state index < -0.39 is 12.0 Å². The molecule has 1 aliphatic heterocycles. The van der Waals surface area contributed by atoms with Crippen molar-refractivity contribution in [2.75, 3.05) is 27.9 Å². The number of carbonyl (C=O) groups excluding carboxylic acids is 1. The number of nitrogens with zero attached hydrogens (tertiary/aromatic N) is 2. The van der Waals surface area contributed by atoms with Gasteiger partial charge in [-0.2, -0.15) is 0 Å². The summed E-state index contributed by atoms with van der Waals surface area (Å²) in [6.07, 6.45) is 1.57. The Hall–Kier alpha value is -3.57. The van der Waals surface area contributed by atoms with E-state index >= 15 is 0 Å². The molecule has 0 unspecified atom stereocenters. The van der Waals surface area contributed by atoms with E-state index in [1.54, 1.807) is 50.3 Å². The van der Waals surface area contributed by atoms with E-state index in [2.05, 4.69) is 20.9 Å². The number of hydrogen-bond donors (Lipinski definition) is 1. The van der Waals surface area contributed by atoms with Crippen LogP contribution in [-0.2, 0) is 9.53 Å². The van der Waals surface area contributed by atoms with Crippen molar-refractivity contribution in [3.8, 4) is 23.0 Å². The smallest absolute Gasteiger partial charge is 0.338 e. The number of halogens is 1. The van der Waals surface area contributed by atoms with Crippen molar-refractivity contribution < 1.29 is 28.8 Å². The first kappa shape index (κ1) is 26.5. The van der Waals surface area contributed by atoms with E-state index in [0.29, 0.717) is 42.1 Å². The van der Waals surface area contributed by atoms with Crippen LogP contribution < -0.4 is 29.1 Å². The van der Waals surface area contributed by atoms with Crippen molar-refractivity contribution in [2.45, 2.75) is 19.9 Å². The highest BCUT2D eigenvalue weighted by molar-refractivity contribution is 9.10. The van der Waals surface area contributed by atoms with Crippen LogP contribution in [0.1, 0.15) is 31.0 Å². The molecule has 1 aliphatic rings. The number of aromatic nitrogens is 1. The summed E-state index contributed by atoms with van der Waals surface area (Å²) in [5.41, 5.74) is 1.32. The van der Waals surface area contributed by atoms with Crippen molar-refractivity contribution in [3.05, 3.63) is 76.9 Å². The highest BCUT2D eigenvalue weighted by Crippen LogP contribution is 2.36. The standard InChI is InChI=1S/C26H25BrN2O7S/c1-6-36-25(32)21-13(2)28-26-29(22(21)14-7-8-17(33-3)18(10-14)34-4)24(31)20(37-26)11-15-9-16(27)12-19(35-5)23(15)30/h7-12,22,30H,6H2,1-5H3/b20-11+/t22-/m1/s1. The molecule has 1 N–H and O–H groups in total. The Morgan fingerprint density at radius 3 is 2.49 bits per heavy atom. The quantitative estimate of drug-likeness (QED) is 0.422. The van der Waals surface area contributed by atoms with Crippen molar-refractivity contribution in [1.29, 1.82) is 0 Å². The summed E-state index contributed by atoms with van der Waals surface area (Å²) in [5.74, 6) is 0.558. The van der Waals surface area contributed by atoms with Gasteiger partial charge in [-0.25, -0.2) is 9.79 Å². The van der Waals surface area contributed by atoms with Gasteiger partial charge in [0.2, 0.25) is 0 Å². The zero-order valence-electron chi connectivity index (χ0n) is 20.8. The second-order valence-corrected chi connectivity index (χ2v) is 9.89. The molecule has 2 aromatic carbocycles. The number of fused-ring (bicyclic) bond motifs is 1. The molecular weight excluding hydrogens is 564 g/mol. The third kappa shape index (κ3) is 4.88. The summed E-state index contributed by atoms with van der Waals surface area (Å²) in [5, 5.41) is 10.6. The summed E-state index contributed by atoms with van der Waals surface area (Å²) in [6, 6.07) is 7.70. The van der Waals surface area contributed by atoms with E-state index in [1.165, 1.54) is 25.9 Å². The molecule has 0 saturated carbocycles. The average Bonchev–Trinajstić information content (AvgIpc) is 3.18. The molecule has 0 saturated heterocycles. The maximum atomic E-state index is 13.8. The molecule has 4 rings (SSSR count). The van der Waals surface area contributed by atoms with Gasteiger partial charge in [0.25, 0.3) is 5.56 Å². The predicted octanol–water partition coefficient (Wildman–Crippen LogP) is 3.29. The zero-order valence-corrected chi connectivity index (χ0v) is 23.2. The van der Waals surface area contributed by atoms with Gasteiger partial charge in [-0.05, 0) is 49.8 Å². The molecule has 3 aromatic rings. The van der Waals surface area contributed by atoms with Crippen LogP contribution >= 0.6 is 27.3 Å². The van der Waals surface area contributed by atoms with Gasteiger partial charge >= 0.3 is 5.97 Å². The molecule has 0 radical (unpaired) electrons.